The molecule has 0 radical (unpaired) electrons. The molecule has 4 rings (SSSR count). The van der Waals surface area contributed by atoms with Crippen molar-refractivity contribution in [2.24, 2.45) is 11.3 Å². The summed E-state index contributed by atoms with van der Waals surface area (Å²) in [6.07, 6.45) is -2.08. The molecule has 0 bridgehead atoms. The second-order valence-corrected chi connectivity index (χ2v) is 8.85. The highest BCUT2D eigenvalue weighted by atomic mass is 35.5. The maximum Gasteiger partial charge on any atom is 0.327 e. The zero-order valence-electron chi connectivity index (χ0n) is 20.1. The molecule has 0 spiro atoms. The van der Waals surface area contributed by atoms with Crippen LogP contribution >= 0.6 is 11.6 Å². The summed E-state index contributed by atoms with van der Waals surface area (Å²) in [5, 5.41) is 0.478. The van der Waals surface area contributed by atoms with Crippen molar-refractivity contribution in [3.05, 3.63) is 107 Å². The molecule has 1 aliphatic rings. The summed E-state index contributed by atoms with van der Waals surface area (Å²) >= 11 is 6.12. The Hall–Kier alpha value is -3.48. The SMILES string of the molecule is CCOC(=O)C1(C(=O)OCC)[C@H](C(=O)c2ccccc2)[C@@H](c2ccccc2)O[C@H]1c1ccc(Cl)cc1. The molecule has 3 aromatic carbocycles. The summed E-state index contributed by atoms with van der Waals surface area (Å²) in [5.41, 5.74) is -0.583. The molecule has 0 saturated carbocycles. The monoisotopic (exact) mass is 506 g/mol. The van der Waals surface area contributed by atoms with Crippen LogP contribution in [0.4, 0.5) is 0 Å². The summed E-state index contributed by atoms with van der Waals surface area (Å²) < 4.78 is 17.5. The Morgan fingerprint density at radius 2 is 1.31 bits per heavy atom. The Kier molecular flexibility index (Phi) is 7.87. The average molecular weight is 507 g/mol. The van der Waals surface area contributed by atoms with Crippen molar-refractivity contribution in [1.29, 1.82) is 0 Å². The fourth-order valence-corrected chi connectivity index (χ4v) is 4.93. The lowest BCUT2D eigenvalue weighted by atomic mass is 9.66. The summed E-state index contributed by atoms with van der Waals surface area (Å²) in [7, 11) is 0. The zero-order chi connectivity index (χ0) is 25.7. The number of hydrogen-bond donors (Lipinski definition) is 0. The highest BCUT2D eigenvalue weighted by molar-refractivity contribution is 6.30. The molecule has 3 aromatic rings. The molecule has 0 aliphatic carbocycles. The molecular formula is C29H27ClO6. The van der Waals surface area contributed by atoms with E-state index in [1.54, 1.807) is 80.6 Å². The molecule has 3 atom stereocenters. The molecule has 186 valence electrons. The Morgan fingerprint density at radius 1 is 0.778 bits per heavy atom. The second kappa shape index (κ2) is 11.1. The highest BCUT2D eigenvalue weighted by Gasteiger charge is 2.70. The second-order valence-electron chi connectivity index (χ2n) is 8.42. The topological polar surface area (TPSA) is 78.9 Å². The normalized spacial score (nSPS) is 20.5. The quantitative estimate of drug-likeness (QED) is 0.219. The van der Waals surface area contributed by atoms with E-state index in [9.17, 15) is 14.4 Å². The van der Waals surface area contributed by atoms with Gasteiger partial charge in [0.05, 0.1) is 25.2 Å². The maximum atomic E-state index is 14.2. The molecule has 1 heterocycles. The van der Waals surface area contributed by atoms with Crippen LogP contribution in [0, 0.1) is 11.3 Å². The minimum absolute atomic E-state index is 0.00950. The van der Waals surface area contributed by atoms with Gasteiger partial charge in [0.2, 0.25) is 5.41 Å². The highest BCUT2D eigenvalue weighted by Crippen LogP contribution is 2.59. The van der Waals surface area contributed by atoms with Crippen LogP contribution in [0.3, 0.4) is 0 Å². The number of carbonyl (C=O) groups excluding carboxylic acids is 3. The third-order valence-corrected chi connectivity index (χ3v) is 6.61. The van der Waals surface area contributed by atoms with E-state index in [0.29, 0.717) is 21.7 Å². The minimum Gasteiger partial charge on any atom is -0.465 e. The molecule has 1 saturated heterocycles. The third-order valence-electron chi connectivity index (χ3n) is 6.36. The van der Waals surface area contributed by atoms with Crippen LogP contribution < -0.4 is 0 Å². The van der Waals surface area contributed by atoms with Crippen molar-refractivity contribution in [3.8, 4) is 0 Å². The summed E-state index contributed by atoms with van der Waals surface area (Å²) in [6.45, 7) is 3.31. The van der Waals surface area contributed by atoms with Crippen molar-refractivity contribution in [2.75, 3.05) is 13.2 Å². The Morgan fingerprint density at radius 3 is 1.83 bits per heavy atom. The van der Waals surface area contributed by atoms with E-state index in [0.717, 1.165) is 0 Å². The fourth-order valence-electron chi connectivity index (χ4n) is 4.81. The summed E-state index contributed by atoms with van der Waals surface area (Å²) in [6, 6.07) is 24.3. The molecule has 0 unspecified atom stereocenters. The minimum atomic E-state index is -2.09. The molecule has 1 aliphatic heterocycles. The van der Waals surface area contributed by atoms with Gasteiger partial charge in [-0.05, 0) is 37.1 Å². The number of benzene rings is 3. The van der Waals surface area contributed by atoms with E-state index in [1.807, 2.05) is 18.2 Å². The van der Waals surface area contributed by atoms with Crippen molar-refractivity contribution < 1.29 is 28.6 Å². The number of halogens is 1. The standard InChI is InChI=1S/C29H27ClO6/c1-3-34-27(32)29(28(33)35-4-2)23(24(31)19-11-7-5-8-12-19)25(20-13-9-6-10-14-20)36-26(29)21-15-17-22(30)18-16-21/h5-18,23,25-26H,3-4H2,1-2H3/t23-,25-,26+/m1/s1. The first-order valence-corrected chi connectivity index (χ1v) is 12.2. The van der Waals surface area contributed by atoms with Crippen LogP contribution in [0.25, 0.3) is 0 Å². The number of ketones is 1. The van der Waals surface area contributed by atoms with E-state index < -0.39 is 41.3 Å². The predicted molar refractivity (Wildman–Crippen MR) is 134 cm³/mol. The lowest BCUT2D eigenvalue weighted by molar-refractivity contribution is -0.178. The summed E-state index contributed by atoms with van der Waals surface area (Å²) in [5.74, 6) is -3.39. The Balaban J connectivity index is 2.02. The molecular weight excluding hydrogens is 480 g/mol. The van der Waals surface area contributed by atoms with Gasteiger partial charge in [0.15, 0.2) is 5.78 Å². The van der Waals surface area contributed by atoms with Gasteiger partial charge in [-0.25, -0.2) is 0 Å². The van der Waals surface area contributed by atoms with Gasteiger partial charge >= 0.3 is 11.9 Å². The van der Waals surface area contributed by atoms with Gasteiger partial charge < -0.3 is 14.2 Å². The Bertz CT molecular complexity index is 1190. The number of carbonyl (C=O) groups is 3. The maximum absolute atomic E-state index is 14.2. The van der Waals surface area contributed by atoms with Crippen LogP contribution in [0.1, 0.15) is 47.5 Å². The van der Waals surface area contributed by atoms with Crippen molar-refractivity contribution in [3.63, 3.8) is 0 Å². The van der Waals surface area contributed by atoms with Crippen LogP contribution in [0.2, 0.25) is 5.02 Å². The van der Waals surface area contributed by atoms with E-state index in [2.05, 4.69) is 0 Å². The van der Waals surface area contributed by atoms with Gasteiger partial charge in [-0.3, -0.25) is 14.4 Å². The molecule has 0 amide bonds. The van der Waals surface area contributed by atoms with E-state index in [1.165, 1.54) is 0 Å². The van der Waals surface area contributed by atoms with Crippen LogP contribution in [0.5, 0.6) is 0 Å². The number of Topliss-reactive ketones (excluding diaryl/α,β-unsaturated/α-hetero) is 1. The van der Waals surface area contributed by atoms with Crippen LogP contribution in [-0.4, -0.2) is 30.9 Å². The number of ether oxygens (including phenoxy) is 3. The number of hydrogen-bond acceptors (Lipinski definition) is 6. The molecule has 1 fully saturated rings. The van der Waals surface area contributed by atoms with Crippen molar-refractivity contribution in [2.45, 2.75) is 26.1 Å². The van der Waals surface area contributed by atoms with Crippen LogP contribution in [-0.2, 0) is 23.8 Å². The fraction of sp³-hybridized carbons (Fsp3) is 0.276. The first-order valence-electron chi connectivity index (χ1n) is 11.8. The van der Waals surface area contributed by atoms with Gasteiger partial charge in [0.25, 0.3) is 0 Å². The predicted octanol–water partition coefficient (Wildman–Crippen LogP) is 5.76. The smallest absolute Gasteiger partial charge is 0.327 e. The average Bonchev–Trinajstić information content (AvgIpc) is 3.27. The molecule has 0 N–H and O–H groups in total. The number of esters is 2. The third kappa shape index (κ3) is 4.54. The number of rotatable bonds is 8. The molecule has 0 aromatic heterocycles. The molecule has 6 nitrogen and oxygen atoms in total. The Labute approximate surface area is 215 Å². The molecule has 36 heavy (non-hydrogen) atoms. The molecule has 7 heteroatoms. The first kappa shape index (κ1) is 25.6. The van der Waals surface area contributed by atoms with Gasteiger partial charge in [0, 0.05) is 10.6 Å². The van der Waals surface area contributed by atoms with Crippen LogP contribution in [0.15, 0.2) is 84.9 Å². The van der Waals surface area contributed by atoms with Gasteiger partial charge in [-0.2, -0.15) is 0 Å². The van der Waals surface area contributed by atoms with Gasteiger partial charge in [0.1, 0.15) is 6.10 Å². The van der Waals surface area contributed by atoms with Crippen molar-refractivity contribution >= 4 is 29.3 Å². The van der Waals surface area contributed by atoms with E-state index in [4.69, 9.17) is 25.8 Å². The van der Waals surface area contributed by atoms with Gasteiger partial charge in [-0.1, -0.05) is 84.4 Å². The largest absolute Gasteiger partial charge is 0.465 e. The lowest BCUT2D eigenvalue weighted by Gasteiger charge is -2.33. The first-order chi connectivity index (χ1) is 17.4. The summed E-state index contributed by atoms with van der Waals surface area (Å²) in [4.78, 5) is 41.9. The zero-order valence-corrected chi connectivity index (χ0v) is 20.8. The van der Waals surface area contributed by atoms with E-state index >= 15 is 0 Å². The van der Waals surface area contributed by atoms with Gasteiger partial charge in [-0.15, -0.1) is 0 Å². The van der Waals surface area contributed by atoms with E-state index in [-0.39, 0.29) is 13.2 Å². The lowest BCUT2D eigenvalue weighted by Crippen LogP contribution is -2.51. The van der Waals surface area contributed by atoms with Crippen molar-refractivity contribution in [1.82, 2.24) is 0 Å².